The maximum absolute atomic E-state index is 12.8. The minimum absolute atomic E-state index is 0.0126. The smallest absolute Gasteiger partial charge is 0.270 e. The SMILES string of the molecule is COc1ccc(CN2CCNC(=O)CC2)cc1-c1c[nH]c(C(=O)N2CCOCC2)c1. The predicted octanol–water partition coefficient (Wildman–Crippen LogP) is 1.48. The maximum atomic E-state index is 12.8. The molecule has 0 spiro atoms. The Morgan fingerprint density at radius 3 is 2.80 bits per heavy atom. The van der Waals surface area contributed by atoms with Gasteiger partial charge in [0.25, 0.3) is 5.91 Å². The predicted molar refractivity (Wildman–Crippen MR) is 112 cm³/mol. The first-order chi connectivity index (χ1) is 14.6. The molecule has 2 N–H and O–H groups in total. The number of H-pyrrole nitrogens is 1. The second kappa shape index (κ2) is 9.32. The van der Waals surface area contributed by atoms with Crippen molar-refractivity contribution in [3.05, 3.63) is 41.7 Å². The largest absolute Gasteiger partial charge is 0.496 e. The van der Waals surface area contributed by atoms with Crippen LogP contribution in [0, 0.1) is 0 Å². The van der Waals surface area contributed by atoms with Crippen molar-refractivity contribution in [2.45, 2.75) is 13.0 Å². The highest BCUT2D eigenvalue weighted by Gasteiger charge is 2.21. The molecule has 1 aromatic carbocycles. The van der Waals surface area contributed by atoms with E-state index < -0.39 is 0 Å². The van der Waals surface area contributed by atoms with Crippen LogP contribution in [0.3, 0.4) is 0 Å². The Hall–Kier alpha value is -2.84. The summed E-state index contributed by atoms with van der Waals surface area (Å²) in [5, 5.41) is 2.91. The number of benzene rings is 1. The highest BCUT2D eigenvalue weighted by molar-refractivity contribution is 5.94. The molecule has 160 valence electrons. The molecule has 0 unspecified atom stereocenters. The van der Waals surface area contributed by atoms with Gasteiger partial charge in [-0.2, -0.15) is 0 Å². The Labute approximate surface area is 176 Å². The second-order valence-corrected chi connectivity index (χ2v) is 7.62. The van der Waals surface area contributed by atoms with Crippen molar-refractivity contribution < 1.29 is 19.1 Å². The number of carbonyl (C=O) groups is 2. The average molecular weight is 412 g/mol. The van der Waals surface area contributed by atoms with Gasteiger partial charge in [-0.05, 0) is 23.8 Å². The number of hydrogen-bond donors (Lipinski definition) is 2. The first-order valence-electron chi connectivity index (χ1n) is 10.4. The highest BCUT2D eigenvalue weighted by Crippen LogP contribution is 2.32. The molecule has 2 saturated heterocycles. The van der Waals surface area contributed by atoms with Crippen LogP contribution in [-0.2, 0) is 16.1 Å². The molecule has 2 amide bonds. The number of carbonyl (C=O) groups excluding carboxylic acids is 2. The molecular weight excluding hydrogens is 384 g/mol. The van der Waals surface area contributed by atoms with Gasteiger partial charge in [-0.15, -0.1) is 0 Å². The van der Waals surface area contributed by atoms with Crippen LogP contribution in [0.4, 0.5) is 0 Å². The summed E-state index contributed by atoms with van der Waals surface area (Å²) in [6.07, 6.45) is 2.37. The molecule has 0 bridgehead atoms. The van der Waals surface area contributed by atoms with Crippen LogP contribution in [0.2, 0.25) is 0 Å². The van der Waals surface area contributed by atoms with Crippen LogP contribution in [0.25, 0.3) is 11.1 Å². The maximum Gasteiger partial charge on any atom is 0.270 e. The van der Waals surface area contributed by atoms with E-state index in [9.17, 15) is 9.59 Å². The number of ether oxygens (including phenoxy) is 2. The first kappa shape index (κ1) is 20.4. The third-order valence-electron chi connectivity index (χ3n) is 5.60. The lowest BCUT2D eigenvalue weighted by Crippen LogP contribution is -2.40. The summed E-state index contributed by atoms with van der Waals surface area (Å²) in [5.74, 6) is 0.856. The second-order valence-electron chi connectivity index (χ2n) is 7.62. The summed E-state index contributed by atoms with van der Waals surface area (Å²) in [5.41, 5.74) is 3.56. The Balaban J connectivity index is 1.53. The number of methoxy groups -OCH3 is 1. The van der Waals surface area contributed by atoms with E-state index in [1.807, 2.05) is 18.3 Å². The molecule has 1 aromatic heterocycles. The lowest BCUT2D eigenvalue weighted by Gasteiger charge is -2.26. The van der Waals surface area contributed by atoms with Crippen LogP contribution in [0.5, 0.6) is 5.75 Å². The lowest BCUT2D eigenvalue weighted by atomic mass is 10.0. The number of rotatable bonds is 5. The van der Waals surface area contributed by atoms with E-state index in [1.54, 1.807) is 12.0 Å². The summed E-state index contributed by atoms with van der Waals surface area (Å²) in [6.45, 7) is 5.38. The van der Waals surface area contributed by atoms with E-state index in [-0.39, 0.29) is 11.8 Å². The summed E-state index contributed by atoms with van der Waals surface area (Å²) in [4.78, 5) is 31.5. The van der Waals surface area contributed by atoms with Gasteiger partial charge in [-0.3, -0.25) is 14.5 Å². The fourth-order valence-corrected chi connectivity index (χ4v) is 3.92. The van der Waals surface area contributed by atoms with Crippen molar-refractivity contribution in [3.63, 3.8) is 0 Å². The van der Waals surface area contributed by atoms with Crippen molar-refractivity contribution in [1.82, 2.24) is 20.1 Å². The van der Waals surface area contributed by atoms with Gasteiger partial charge in [-0.1, -0.05) is 6.07 Å². The van der Waals surface area contributed by atoms with E-state index in [4.69, 9.17) is 9.47 Å². The fourth-order valence-electron chi connectivity index (χ4n) is 3.92. The van der Waals surface area contributed by atoms with Crippen molar-refractivity contribution in [3.8, 4) is 16.9 Å². The van der Waals surface area contributed by atoms with Crippen molar-refractivity contribution in [1.29, 1.82) is 0 Å². The van der Waals surface area contributed by atoms with Gasteiger partial charge in [0.1, 0.15) is 11.4 Å². The van der Waals surface area contributed by atoms with Gasteiger partial charge in [0, 0.05) is 63.0 Å². The summed E-state index contributed by atoms with van der Waals surface area (Å²) >= 11 is 0. The lowest BCUT2D eigenvalue weighted by molar-refractivity contribution is -0.120. The number of nitrogens with zero attached hydrogens (tertiary/aromatic N) is 2. The van der Waals surface area contributed by atoms with Gasteiger partial charge in [0.2, 0.25) is 5.91 Å². The van der Waals surface area contributed by atoms with Crippen molar-refractivity contribution >= 4 is 11.8 Å². The molecule has 2 aliphatic rings. The molecule has 2 aliphatic heterocycles. The van der Waals surface area contributed by atoms with E-state index in [1.165, 1.54) is 0 Å². The third-order valence-corrected chi connectivity index (χ3v) is 5.60. The van der Waals surface area contributed by atoms with Gasteiger partial charge >= 0.3 is 0 Å². The number of amides is 2. The molecule has 0 atom stereocenters. The number of morpholine rings is 1. The van der Waals surface area contributed by atoms with E-state index in [0.717, 1.165) is 42.1 Å². The van der Waals surface area contributed by atoms with Crippen LogP contribution in [0.1, 0.15) is 22.5 Å². The Bertz CT molecular complexity index is 904. The normalized spacial score (nSPS) is 18.0. The molecule has 8 nitrogen and oxygen atoms in total. The minimum atomic E-state index is -0.0126. The number of aromatic amines is 1. The zero-order chi connectivity index (χ0) is 20.9. The van der Waals surface area contributed by atoms with Crippen molar-refractivity contribution in [2.75, 3.05) is 53.0 Å². The number of hydrogen-bond acceptors (Lipinski definition) is 5. The zero-order valence-electron chi connectivity index (χ0n) is 17.3. The molecule has 2 aromatic rings. The monoisotopic (exact) mass is 412 g/mol. The molecule has 3 heterocycles. The van der Waals surface area contributed by atoms with Crippen molar-refractivity contribution in [2.24, 2.45) is 0 Å². The molecule has 30 heavy (non-hydrogen) atoms. The van der Waals surface area contributed by atoms with Crippen LogP contribution in [0.15, 0.2) is 30.5 Å². The zero-order valence-corrected chi connectivity index (χ0v) is 17.3. The average Bonchev–Trinajstić information content (AvgIpc) is 3.18. The first-order valence-corrected chi connectivity index (χ1v) is 10.4. The number of aromatic nitrogens is 1. The Morgan fingerprint density at radius 1 is 1.17 bits per heavy atom. The fraction of sp³-hybridized carbons (Fsp3) is 0.455. The third kappa shape index (κ3) is 4.66. The molecular formula is C22H28N4O4. The van der Waals surface area contributed by atoms with E-state index in [0.29, 0.717) is 45.0 Å². The topological polar surface area (TPSA) is 86.9 Å². The summed E-state index contributed by atoms with van der Waals surface area (Å²) < 4.78 is 10.9. The summed E-state index contributed by atoms with van der Waals surface area (Å²) in [7, 11) is 1.65. The van der Waals surface area contributed by atoms with Gasteiger partial charge in [0.05, 0.1) is 20.3 Å². The molecule has 4 rings (SSSR count). The van der Waals surface area contributed by atoms with Gasteiger partial charge < -0.3 is 24.7 Å². The standard InChI is InChI=1S/C22H28N4O4/c1-29-20-3-2-16(15-25-6-4-21(27)23-5-7-25)12-18(20)17-13-19(24-14-17)22(28)26-8-10-30-11-9-26/h2-3,12-14,24H,4-11,15H2,1H3,(H,23,27). The van der Waals surface area contributed by atoms with Gasteiger partial charge in [0.15, 0.2) is 0 Å². The quantitative estimate of drug-likeness (QED) is 0.777. The minimum Gasteiger partial charge on any atom is -0.496 e. The Kier molecular flexibility index (Phi) is 6.35. The molecule has 8 heteroatoms. The van der Waals surface area contributed by atoms with Crippen LogP contribution >= 0.6 is 0 Å². The molecule has 0 saturated carbocycles. The highest BCUT2D eigenvalue weighted by atomic mass is 16.5. The number of nitrogens with one attached hydrogen (secondary N) is 2. The van der Waals surface area contributed by atoms with Gasteiger partial charge in [-0.25, -0.2) is 0 Å². The summed E-state index contributed by atoms with van der Waals surface area (Å²) in [6, 6.07) is 8.00. The molecule has 0 aliphatic carbocycles. The van der Waals surface area contributed by atoms with E-state index >= 15 is 0 Å². The van der Waals surface area contributed by atoms with Crippen LogP contribution in [-0.4, -0.2) is 79.6 Å². The molecule has 2 fully saturated rings. The van der Waals surface area contributed by atoms with E-state index in [2.05, 4.69) is 27.3 Å². The van der Waals surface area contributed by atoms with Crippen LogP contribution < -0.4 is 10.1 Å². The Morgan fingerprint density at radius 2 is 2.00 bits per heavy atom. The molecule has 0 radical (unpaired) electrons.